The topological polar surface area (TPSA) is 50.1 Å². The maximum atomic E-state index is 5.24. The van der Waals surface area contributed by atoms with Crippen molar-refractivity contribution in [1.29, 1.82) is 0 Å². The maximum Gasteiger partial charge on any atom is 0.0589 e. The lowest BCUT2D eigenvalue weighted by Gasteiger charge is -2.39. The van der Waals surface area contributed by atoms with Gasteiger partial charge in [0.25, 0.3) is 0 Å². The van der Waals surface area contributed by atoms with Crippen molar-refractivity contribution < 1.29 is 0 Å². The van der Waals surface area contributed by atoms with Gasteiger partial charge in [-0.1, -0.05) is 20.8 Å². The molecule has 1 saturated carbocycles. The zero-order valence-corrected chi connectivity index (χ0v) is 9.06. The molecule has 0 aliphatic heterocycles. The van der Waals surface area contributed by atoms with Gasteiger partial charge in [-0.2, -0.15) is 0 Å². The van der Waals surface area contributed by atoms with Gasteiger partial charge in [0.05, 0.1) is 6.67 Å². The van der Waals surface area contributed by atoms with Crippen LogP contribution in [0.1, 0.15) is 40.0 Å². The molecule has 0 amide bonds. The largest absolute Gasteiger partial charge is 0.301 e. The third-order valence-corrected chi connectivity index (χ3v) is 2.88. The average Bonchev–Trinajstić information content (AvgIpc) is 1.97. The Morgan fingerprint density at radius 2 is 2.08 bits per heavy atom. The Morgan fingerprint density at radius 3 is 2.62 bits per heavy atom. The maximum absolute atomic E-state index is 5.24. The molecular weight excluding hydrogens is 162 g/mol. The normalized spacial score (nSPS) is 33.2. The van der Waals surface area contributed by atoms with Crippen molar-refractivity contribution in [2.24, 2.45) is 17.2 Å². The van der Waals surface area contributed by atoms with Gasteiger partial charge in [0.2, 0.25) is 0 Å². The molecular formula is C10H23N3. The molecule has 0 spiro atoms. The summed E-state index contributed by atoms with van der Waals surface area (Å²) in [7, 11) is 0. The van der Waals surface area contributed by atoms with E-state index in [0.29, 0.717) is 18.1 Å². The summed E-state index contributed by atoms with van der Waals surface area (Å²) in [6.45, 7) is 7.76. The molecule has 0 saturated heterocycles. The minimum Gasteiger partial charge on any atom is -0.301 e. The number of rotatable bonds is 3. The van der Waals surface area contributed by atoms with Gasteiger partial charge in [-0.15, -0.1) is 0 Å². The fourth-order valence-electron chi connectivity index (χ4n) is 2.70. The Morgan fingerprint density at radius 1 is 1.38 bits per heavy atom. The molecule has 1 fully saturated rings. The van der Waals surface area contributed by atoms with Gasteiger partial charge >= 0.3 is 0 Å². The van der Waals surface area contributed by atoms with E-state index in [9.17, 15) is 0 Å². The highest BCUT2D eigenvalue weighted by molar-refractivity contribution is 4.86. The summed E-state index contributed by atoms with van der Waals surface area (Å²) < 4.78 is 0. The number of nitrogens with one attached hydrogen (secondary N) is 2. The van der Waals surface area contributed by atoms with Crippen LogP contribution in [-0.4, -0.2) is 12.7 Å². The van der Waals surface area contributed by atoms with E-state index in [1.165, 1.54) is 19.3 Å². The van der Waals surface area contributed by atoms with Crippen LogP contribution in [0.15, 0.2) is 0 Å². The average molecular weight is 185 g/mol. The fourth-order valence-corrected chi connectivity index (χ4v) is 2.70. The highest BCUT2D eigenvalue weighted by atomic mass is 15.3. The molecule has 3 heteroatoms. The van der Waals surface area contributed by atoms with Crippen LogP contribution < -0.4 is 16.6 Å². The number of hydrazine groups is 1. The Hall–Kier alpha value is -0.120. The summed E-state index contributed by atoms with van der Waals surface area (Å²) in [6.07, 6.45) is 3.89. The van der Waals surface area contributed by atoms with Crippen LogP contribution in [0.5, 0.6) is 0 Å². The summed E-state index contributed by atoms with van der Waals surface area (Å²) >= 11 is 0. The van der Waals surface area contributed by atoms with Crippen molar-refractivity contribution in [3.63, 3.8) is 0 Å². The number of hydrogen-bond acceptors (Lipinski definition) is 3. The molecule has 3 nitrogen and oxygen atoms in total. The first-order valence-corrected chi connectivity index (χ1v) is 5.20. The Kier molecular flexibility index (Phi) is 3.71. The fraction of sp³-hybridized carbons (Fsp3) is 1.00. The SMILES string of the molecule is CC1CC(NCNN)CC(C)(C)C1. The van der Waals surface area contributed by atoms with Crippen molar-refractivity contribution in [2.45, 2.75) is 46.1 Å². The van der Waals surface area contributed by atoms with E-state index in [1.54, 1.807) is 0 Å². The number of hydrogen-bond donors (Lipinski definition) is 3. The summed E-state index contributed by atoms with van der Waals surface area (Å²) in [4.78, 5) is 0. The minimum absolute atomic E-state index is 0.490. The van der Waals surface area contributed by atoms with Gasteiger partial charge in [0.15, 0.2) is 0 Å². The molecule has 1 rings (SSSR count). The van der Waals surface area contributed by atoms with Crippen molar-refractivity contribution in [3.8, 4) is 0 Å². The molecule has 78 valence electrons. The van der Waals surface area contributed by atoms with Crippen LogP contribution in [-0.2, 0) is 0 Å². The van der Waals surface area contributed by atoms with E-state index < -0.39 is 0 Å². The molecule has 2 atom stereocenters. The van der Waals surface area contributed by atoms with Gasteiger partial charge in [-0.05, 0) is 30.6 Å². The van der Waals surface area contributed by atoms with Crippen molar-refractivity contribution in [2.75, 3.05) is 6.67 Å². The second-order valence-corrected chi connectivity index (χ2v) is 5.20. The lowest BCUT2D eigenvalue weighted by Crippen LogP contribution is -2.45. The molecule has 4 N–H and O–H groups in total. The Labute approximate surface area is 81.4 Å². The van der Waals surface area contributed by atoms with E-state index in [4.69, 9.17) is 5.84 Å². The molecule has 0 bridgehead atoms. The first-order chi connectivity index (χ1) is 6.03. The van der Waals surface area contributed by atoms with E-state index in [-0.39, 0.29) is 0 Å². The predicted octanol–water partition coefficient (Wildman–Crippen LogP) is 1.21. The van der Waals surface area contributed by atoms with E-state index in [0.717, 1.165) is 5.92 Å². The van der Waals surface area contributed by atoms with Crippen LogP contribution >= 0.6 is 0 Å². The first-order valence-electron chi connectivity index (χ1n) is 5.20. The van der Waals surface area contributed by atoms with Crippen LogP contribution in [0.2, 0.25) is 0 Å². The molecule has 13 heavy (non-hydrogen) atoms. The molecule has 0 heterocycles. The predicted molar refractivity (Wildman–Crippen MR) is 55.9 cm³/mol. The van der Waals surface area contributed by atoms with Crippen molar-refractivity contribution in [3.05, 3.63) is 0 Å². The molecule has 1 aliphatic carbocycles. The van der Waals surface area contributed by atoms with E-state index in [1.807, 2.05) is 0 Å². The summed E-state index contributed by atoms with van der Waals surface area (Å²) in [5.74, 6) is 6.07. The minimum atomic E-state index is 0.490. The quantitative estimate of drug-likeness (QED) is 0.352. The van der Waals surface area contributed by atoms with E-state index in [2.05, 4.69) is 31.5 Å². The lowest BCUT2D eigenvalue weighted by molar-refractivity contribution is 0.150. The standard InChI is InChI=1S/C10H23N3/c1-8-4-9(12-7-13-11)6-10(2,3)5-8/h8-9,12-13H,4-7,11H2,1-3H3. The molecule has 0 radical (unpaired) electrons. The summed E-state index contributed by atoms with van der Waals surface area (Å²) in [5.41, 5.74) is 3.14. The Bertz CT molecular complexity index is 156. The van der Waals surface area contributed by atoms with Gasteiger partial charge in [-0.25, -0.2) is 5.43 Å². The zero-order chi connectivity index (χ0) is 9.90. The monoisotopic (exact) mass is 185 g/mol. The van der Waals surface area contributed by atoms with E-state index >= 15 is 0 Å². The highest BCUT2D eigenvalue weighted by Gasteiger charge is 2.31. The molecule has 0 aromatic heterocycles. The molecule has 0 aromatic rings. The zero-order valence-electron chi connectivity index (χ0n) is 9.06. The third-order valence-electron chi connectivity index (χ3n) is 2.88. The molecule has 2 unspecified atom stereocenters. The molecule has 0 aromatic carbocycles. The Balaban J connectivity index is 2.38. The first kappa shape index (κ1) is 11.0. The van der Waals surface area contributed by atoms with Crippen LogP contribution in [0.4, 0.5) is 0 Å². The summed E-state index contributed by atoms with van der Waals surface area (Å²) in [6, 6.07) is 0.634. The van der Waals surface area contributed by atoms with Crippen LogP contribution in [0, 0.1) is 11.3 Å². The van der Waals surface area contributed by atoms with Gasteiger partial charge in [0.1, 0.15) is 0 Å². The van der Waals surface area contributed by atoms with Gasteiger partial charge in [0, 0.05) is 6.04 Å². The second kappa shape index (κ2) is 4.40. The third kappa shape index (κ3) is 3.63. The lowest BCUT2D eigenvalue weighted by atomic mass is 9.71. The van der Waals surface area contributed by atoms with Crippen molar-refractivity contribution in [1.82, 2.24) is 10.7 Å². The van der Waals surface area contributed by atoms with Crippen molar-refractivity contribution >= 4 is 0 Å². The number of nitrogens with two attached hydrogens (primary N) is 1. The highest BCUT2D eigenvalue weighted by Crippen LogP contribution is 2.38. The second-order valence-electron chi connectivity index (χ2n) is 5.20. The smallest absolute Gasteiger partial charge is 0.0589 e. The van der Waals surface area contributed by atoms with Crippen LogP contribution in [0.3, 0.4) is 0 Å². The molecule has 1 aliphatic rings. The van der Waals surface area contributed by atoms with Gasteiger partial charge in [-0.3, -0.25) is 5.84 Å². The van der Waals surface area contributed by atoms with Gasteiger partial charge < -0.3 is 5.32 Å². The van der Waals surface area contributed by atoms with Crippen LogP contribution in [0.25, 0.3) is 0 Å². The summed E-state index contributed by atoms with van der Waals surface area (Å²) in [5, 5.41) is 3.42.